The highest BCUT2D eigenvalue weighted by Gasteiger charge is 2.27. The summed E-state index contributed by atoms with van der Waals surface area (Å²) in [7, 11) is 1.86. The Morgan fingerprint density at radius 1 is 0.970 bits per heavy atom. The number of anilines is 2. The molecular formula is C27H29N3O3. The van der Waals surface area contributed by atoms with Gasteiger partial charge in [0.25, 0.3) is 0 Å². The van der Waals surface area contributed by atoms with Crippen molar-refractivity contribution in [2.75, 3.05) is 30.4 Å². The van der Waals surface area contributed by atoms with Crippen LogP contribution < -0.4 is 15.0 Å². The highest BCUT2D eigenvalue weighted by molar-refractivity contribution is 5.92. The second-order valence-corrected chi connectivity index (χ2v) is 8.35. The predicted molar refractivity (Wildman–Crippen MR) is 131 cm³/mol. The molecule has 0 radical (unpaired) electrons. The third-order valence-electron chi connectivity index (χ3n) is 5.99. The van der Waals surface area contributed by atoms with E-state index in [4.69, 9.17) is 4.74 Å². The zero-order chi connectivity index (χ0) is 23.2. The average molecular weight is 444 g/mol. The molecule has 170 valence electrons. The second kappa shape index (κ2) is 10.2. The first-order valence-corrected chi connectivity index (χ1v) is 11.2. The molecule has 33 heavy (non-hydrogen) atoms. The van der Waals surface area contributed by atoms with E-state index in [1.165, 1.54) is 0 Å². The molecule has 0 saturated carbocycles. The van der Waals surface area contributed by atoms with E-state index in [2.05, 4.69) is 10.2 Å². The Bertz CT molecular complexity index is 1080. The molecule has 6 heteroatoms. The minimum atomic E-state index is -0.0659. The maximum Gasteiger partial charge on any atom is 0.228 e. The number of para-hydroxylation sites is 1. The van der Waals surface area contributed by atoms with Crippen LogP contribution in [0.15, 0.2) is 78.9 Å². The predicted octanol–water partition coefficient (Wildman–Crippen LogP) is 4.72. The number of hydrogen-bond donors (Lipinski definition) is 1. The summed E-state index contributed by atoms with van der Waals surface area (Å²) in [5.41, 5.74) is 2.79. The van der Waals surface area contributed by atoms with Gasteiger partial charge < -0.3 is 19.9 Å². The summed E-state index contributed by atoms with van der Waals surface area (Å²) in [4.78, 5) is 28.2. The SMILES string of the molecule is CC(=O)N(C)C1CCN(c2ccc(NC(=O)Cc3ccc(Oc4ccccc4)cc3)cc2)C1. The fourth-order valence-corrected chi connectivity index (χ4v) is 4.00. The highest BCUT2D eigenvalue weighted by Crippen LogP contribution is 2.25. The van der Waals surface area contributed by atoms with E-state index >= 15 is 0 Å². The number of likely N-dealkylation sites (N-methyl/N-ethyl adjacent to an activating group) is 1. The number of ether oxygens (including phenoxy) is 1. The van der Waals surface area contributed by atoms with Crippen LogP contribution >= 0.6 is 0 Å². The molecule has 0 spiro atoms. The van der Waals surface area contributed by atoms with Crippen LogP contribution in [-0.2, 0) is 16.0 Å². The number of carbonyl (C=O) groups is 2. The molecule has 1 atom stereocenters. The second-order valence-electron chi connectivity index (χ2n) is 8.35. The lowest BCUT2D eigenvalue weighted by molar-refractivity contribution is -0.129. The van der Waals surface area contributed by atoms with E-state index in [0.29, 0.717) is 6.42 Å². The van der Waals surface area contributed by atoms with Gasteiger partial charge in [-0.2, -0.15) is 0 Å². The maximum absolute atomic E-state index is 12.5. The summed E-state index contributed by atoms with van der Waals surface area (Å²) < 4.78 is 5.79. The van der Waals surface area contributed by atoms with Gasteiger partial charge in [0.15, 0.2) is 0 Å². The Hall–Kier alpha value is -3.80. The van der Waals surface area contributed by atoms with E-state index in [1.807, 2.05) is 90.8 Å². The van der Waals surface area contributed by atoms with E-state index in [0.717, 1.165) is 47.9 Å². The van der Waals surface area contributed by atoms with Crippen LogP contribution in [0.3, 0.4) is 0 Å². The summed E-state index contributed by atoms with van der Waals surface area (Å²) >= 11 is 0. The molecule has 1 saturated heterocycles. The Balaban J connectivity index is 1.28. The molecule has 1 unspecified atom stereocenters. The van der Waals surface area contributed by atoms with Crippen LogP contribution in [0, 0.1) is 0 Å². The van der Waals surface area contributed by atoms with Crippen molar-refractivity contribution in [2.24, 2.45) is 0 Å². The summed E-state index contributed by atoms with van der Waals surface area (Å²) in [5, 5.41) is 2.96. The minimum absolute atomic E-state index is 0.0659. The topological polar surface area (TPSA) is 61.9 Å². The Morgan fingerprint density at radius 2 is 1.64 bits per heavy atom. The molecule has 6 nitrogen and oxygen atoms in total. The molecular weight excluding hydrogens is 414 g/mol. The summed E-state index contributed by atoms with van der Waals surface area (Å²) in [6.07, 6.45) is 1.25. The van der Waals surface area contributed by atoms with Crippen molar-refractivity contribution in [1.29, 1.82) is 0 Å². The standard InChI is InChI=1S/C27H29N3O3/c1-20(31)29(2)24-16-17-30(19-24)23-12-10-22(11-13-23)28-27(32)18-21-8-14-26(15-9-21)33-25-6-4-3-5-7-25/h3-15,24H,16-19H2,1-2H3,(H,28,32). The third kappa shape index (κ3) is 5.92. The third-order valence-corrected chi connectivity index (χ3v) is 5.99. The van der Waals surface area contributed by atoms with Gasteiger partial charge in [-0.1, -0.05) is 30.3 Å². The number of nitrogens with zero attached hydrogens (tertiary/aromatic N) is 2. The van der Waals surface area contributed by atoms with Crippen molar-refractivity contribution in [1.82, 2.24) is 4.90 Å². The maximum atomic E-state index is 12.5. The quantitative estimate of drug-likeness (QED) is 0.574. The van der Waals surface area contributed by atoms with Gasteiger partial charge in [-0.05, 0) is 60.5 Å². The molecule has 1 fully saturated rings. The largest absolute Gasteiger partial charge is 0.457 e. The lowest BCUT2D eigenvalue weighted by Crippen LogP contribution is -2.37. The van der Waals surface area contributed by atoms with Gasteiger partial charge in [-0.15, -0.1) is 0 Å². The molecule has 1 aliphatic heterocycles. The van der Waals surface area contributed by atoms with E-state index < -0.39 is 0 Å². The van der Waals surface area contributed by atoms with Gasteiger partial charge in [-0.3, -0.25) is 9.59 Å². The zero-order valence-electron chi connectivity index (χ0n) is 19.0. The van der Waals surface area contributed by atoms with Crippen LogP contribution in [0.1, 0.15) is 18.9 Å². The molecule has 1 aliphatic rings. The van der Waals surface area contributed by atoms with Gasteiger partial charge in [0.2, 0.25) is 11.8 Å². The van der Waals surface area contributed by atoms with Crippen molar-refractivity contribution >= 4 is 23.2 Å². The monoisotopic (exact) mass is 443 g/mol. The van der Waals surface area contributed by atoms with Gasteiger partial charge in [0.1, 0.15) is 11.5 Å². The zero-order valence-corrected chi connectivity index (χ0v) is 19.0. The van der Waals surface area contributed by atoms with Crippen molar-refractivity contribution in [3.05, 3.63) is 84.4 Å². The number of rotatable bonds is 7. The summed E-state index contributed by atoms with van der Waals surface area (Å²) in [6, 6.07) is 25.3. The van der Waals surface area contributed by atoms with Crippen molar-refractivity contribution in [3.8, 4) is 11.5 Å². The number of amides is 2. The molecule has 2 amide bonds. The van der Waals surface area contributed by atoms with Gasteiger partial charge in [-0.25, -0.2) is 0 Å². The molecule has 0 bridgehead atoms. The molecule has 3 aromatic carbocycles. The van der Waals surface area contributed by atoms with Crippen LogP contribution in [0.25, 0.3) is 0 Å². The summed E-state index contributed by atoms with van der Waals surface area (Å²) in [6.45, 7) is 3.34. The van der Waals surface area contributed by atoms with Crippen molar-refractivity contribution < 1.29 is 14.3 Å². The highest BCUT2D eigenvalue weighted by atomic mass is 16.5. The lowest BCUT2D eigenvalue weighted by atomic mass is 10.1. The van der Waals surface area contributed by atoms with Crippen molar-refractivity contribution in [3.63, 3.8) is 0 Å². The van der Waals surface area contributed by atoms with Gasteiger partial charge in [0, 0.05) is 38.4 Å². The molecule has 1 N–H and O–H groups in total. The van der Waals surface area contributed by atoms with Gasteiger partial charge in [0.05, 0.1) is 12.5 Å². The fourth-order valence-electron chi connectivity index (χ4n) is 4.00. The normalized spacial score (nSPS) is 15.2. The van der Waals surface area contributed by atoms with E-state index in [9.17, 15) is 9.59 Å². The molecule has 4 rings (SSSR count). The van der Waals surface area contributed by atoms with Crippen LogP contribution in [0.5, 0.6) is 11.5 Å². The number of carbonyl (C=O) groups excluding carboxylic acids is 2. The molecule has 0 aliphatic carbocycles. The van der Waals surface area contributed by atoms with Crippen LogP contribution in [0.4, 0.5) is 11.4 Å². The van der Waals surface area contributed by atoms with E-state index in [-0.39, 0.29) is 17.9 Å². The summed E-state index contributed by atoms with van der Waals surface area (Å²) in [5.74, 6) is 1.54. The fraction of sp³-hybridized carbons (Fsp3) is 0.259. The van der Waals surface area contributed by atoms with E-state index in [1.54, 1.807) is 6.92 Å². The Kier molecular flexibility index (Phi) is 6.93. The Morgan fingerprint density at radius 3 is 2.30 bits per heavy atom. The number of hydrogen-bond acceptors (Lipinski definition) is 4. The first-order chi connectivity index (χ1) is 16.0. The molecule has 0 aromatic heterocycles. The molecule has 3 aromatic rings. The van der Waals surface area contributed by atoms with Gasteiger partial charge >= 0.3 is 0 Å². The molecule has 1 heterocycles. The van der Waals surface area contributed by atoms with Crippen molar-refractivity contribution in [2.45, 2.75) is 25.8 Å². The first kappa shape index (κ1) is 22.4. The average Bonchev–Trinajstić information content (AvgIpc) is 3.31. The van der Waals surface area contributed by atoms with Crippen LogP contribution in [0.2, 0.25) is 0 Å². The van der Waals surface area contributed by atoms with Crippen LogP contribution in [-0.4, -0.2) is 42.9 Å². The number of nitrogens with one attached hydrogen (secondary N) is 1. The Labute approximate surface area is 194 Å². The number of benzene rings is 3. The lowest BCUT2D eigenvalue weighted by Gasteiger charge is -2.24. The first-order valence-electron chi connectivity index (χ1n) is 11.2. The minimum Gasteiger partial charge on any atom is -0.457 e. The smallest absolute Gasteiger partial charge is 0.228 e.